The minimum absolute atomic E-state index is 0.210. The first kappa shape index (κ1) is 12.6. The summed E-state index contributed by atoms with van der Waals surface area (Å²) in [4.78, 5) is 4.18. The van der Waals surface area contributed by atoms with Gasteiger partial charge in [-0.15, -0.1) is 0 Å². The van der Waals surface area contributed by atoms with E-state index >= 15 is 0 Å². The molecule has 0 radical (unpaired) electrons. The average molecular weight is 319 g/mol. The van der Waals surface area contributed by atoms with Gasteiger partial charge in [-0.05, 0) is 46.0 Å². The third-order valence-electron chi connectivity index (χ3n) is 3.38. The van der Waals surface area contributed by atoms with Crippen molar-refractivity contribution in [3.05, 3.63) is 57.8 Å². The number of hydrogen-bond donors (Lipinski definition) is 1. The van der Waals surface area contributed by atoms with Gasteiger partial charge in [-0.1, -0.05) is 18.2 Å². The van der Waals surface area contributed by atoms with E-state index in [1.807, 2.05) is 18.2 Å². The van der Waals surface area contributed by atoms with Crippen molar-refractivity contribution in [3.63, 3.8) is 0 Å². The molecule has 2 heterocycles. The number of para-hydroxylation sites is 1. The number of fused-ring (bicyclic) bond motifs is 1. The molecule has 3 rings (SSSR count). The number of pyridine rings is 1. The Morgan fingerprint density at radius 3 is 3.05 bits per heavy atom. The summed E-state index contributed by atoms with van der Waals surface area (Å²) in [6, 6.07) is 7.99. The third-order valence-corrected chi connectivity index (χ3v) is 3.82. The second-order valence-electron chi connectivity index (χ2n) is 4.70. The maximum absolute atomic E-state index is 6.37. The van der Waals surface area contributed by atoms with Crippen LogP contribution >= 0.6 is 15.9 Å². The van der Waals surface area contributed by atoms with Gasteiger partial charge in [0.05, 0.1) is 12.6 Å². The van der Waals surface area contributed by atoms with Crippen molar-refractivity contribution in [1.82, 2.24) is 4.98 Å². The number of hydrogen-bond acceptors (Lipinski definition) is 3. The highest BCUT2D eigenvalue weighted by Crippen LogP contribution is 2.34. The van der Waals surface area contributed by atoms with Gasteiger partial charge in [0.1, 0.15) is 5.75 Å². The minimum Gasteiger partial charge on any atom is -0.493 e. The van der Waals surface area contributed by atoms with E-state index in [1.165, 1.54) is 5.56 Å². The summed E-state index contributed by atoms with van der Waals surface area (Å²) in [5, 5.41) is 0. The highest BCUT2D eigenvalue weighted by atomic mass is 79.9. The van der Waals surface area contributed by atoms with Crippen molar-refractivity contribution in [3.8, 4) is 5.75 Å². The van der Waals surface area contributed by atoms with E-state index in [0.29, 0.717) is 0 Å². The van der Waals surface area contributed by atoms with Gasteiger partial charge in [-0.2, -0.15) is 0 Å². The molecular weight excluding hydrogens is 304 g/mol. The Kier molecular flexibility index (Phi) is 3.53. The van der Waals surface area contributed by atoms with Gasteiger partial charge >= 0.3 is 0 Å². The largest absolute Gasteiger partial charge is 0.493 e. The standard InChI is InChI=1S/C15H15BrN2O/c16-12-7-11(8-18-9-12)14(17)13-5-1-3-10-4-2-6-19-15(10)13/h1,3,5,7-9,14H,2,4,6,17H2. The van der Waals surface area contributed by atoms with Crippen LogP contribution in [0.5, 0.6) is 5.75 Å². The summed E-state index contributed by atoms with van der Waals surface area (Å²) in [6.07, 6.45) is 5.70. The number of aryl methyl sites for hydroxylation is 1. The number of nitrogens with two attached hydrogens (primary N) is 1. The predicted molar refractivity (Wildman–Crippen MR) is 78.2 cm³/mol. The Bertz CT molecular complexity index is 600. The summed E-state index contributed by atoms with van der Waals surface area (Å²) < 4.78 is 6.75. The van der Waals surface area contributed by atoms with Crippen LogP contribution in [0, 0.1) is 0 Å². The second kappa shape index (κ2) is 5.31. The van der Waals surface area contributed by atoms with Crippen LogP contribution in [-0.4, -0.2) is 11.6 Å². The average Bonchev–Trinajstić information content (AvgIpc) is 2.46. The molecule has 1 atom stereocenters. The zero-order chi connectivity index (χ0) is 13.2. The Morgan fingerprint density at radius 2 is 2.21 bits per heavy atom. The van der Waals surface area contributed by atoms with Crippen LogP contribution < -0.4 is 10.5 Å². The fourth-order valence-corrected chi connectivity index (χ4v) is 2.82. The normalized spacial score (nSPS) is 15.5. The Morgan fingerprint density at radius 1 is 1.32 bits per heavy atom. The molecule has 1 aliphatic heterocycles. The summed E-state index contributed by atoms with van der Waals surface area (Å²) in [7, 11) is 0. The van der Waals surface area contributed by atoms with E-state index in [-0.39, 0.29) is 6.04 Å². The second-order valence-corrected chi connectivity index (χ2v) is 5.62. The lowest BCUT2D eigenvalue weighted by atomic mass is 9.95. The van der Waals surface area contributed by atoms with Crippen LogP contribution in [0.15, 0.2) is 41.1 Å². The lowest BCUT2D eigenvalue weighted by molar-refractivity contribution is 0.284. The van der Waals surface area contributed by atoms with Crippen molar-refractivity contribution in [1.29, 1.82) is 0 Å². The van der Waals surface area contributed by atoms with Gasteiger partial charge in [-0.25, -0.2) is 0 Å². The first-order chi connectivity index (χ1) is 9.25. The van der Waals surface area contributed by atoms with E-state index in [0.717, 1.165) is 40.8 Å². The van der Waals surface area contributed by atoms with E-state index in [1.54, 1.807) is 12.4 Å². The molecular formula is C15H15BrN2O. The molecule has 0 aliphatic carbocycles. The molecule has 1 aromatic heterocycles. The van der Waals surface area contributed by atoms with Crippen LogP contribution in [0.25, 0.3) is 0 Å². The van der Waals surface area contributed by atoms with Crippen molar-refractivity contribution < 1.29 is 4.74 Å². The number of halogens is 1. The van der Waals surface area contributed by atoms with Gasteiger partial charge in [0.2, 0.25) is 0 Å². The van der Waals surface area contributed by atoms with Gasteiger partial charge in [0.25, 0.3) is 0 Å². The fourth-order valence-electron chi connectivity index (χ4n) is 2.44. The van der Waals surface area contributed by atoms with E-state index in [4.69, 9.17) is 10.5 Å². The number of benzene rings is 1. The van der Waals surface area contributed by atoms with E-state index < -0.39 is 0 Å². The molecule has 0 amide bonds. The monoisotopic (exact) mass is 318 g/mol. The number of ether oxygens (including phenoxy) is 1. The number of rotatable bonds is 2. The quantitative estimate of drug-likeness (QED) is 0.924. The molecule has 0 bridgehead atoms. The van der Waals surface area contributed by atoms with Gasteiger partial charge < -0.3 is 10.5 Å². The Labute approximate surface area is 120 Å². The summed E-state index contributed by atoms with van der Waals surface area (Å²) in [5.41, 5.74) is 9.64. The van der Waals surface area contributed by atoms with Crippen LogP contribution in [0.1, 0.15) is 29.2 Å². The Hall–Kier alpha value is -1.39. The minimum atomic E-state index is -0.210. The van der Waals surface area contributed by atoms with Crippen LogP contribution in [0.3, 0.4) is 0 Å². The van der Waals surface area contributed by atoms with Gasteiger partial charge in [0, 0.05) is 22.4 Å². The van der Waals surface area contributed by atoms with Crippen LogP contribution in [0.2, 0.25) is 0 Å². The SMILES string of the molecule is NC(c1cncc(Br)c1)c1cccc2c1OCCC2. The molecule has 0 spiro atoms. The molecule has 3 nitrogen and oxygen atoms in total. The molecule has 98 valence electrons. The molecule has 1 aromatic carbocycles. The van der Waals surface area contributed by atoms with Crippen LogP contribution in [0.4, 0.5) is 0 Å². The first-order valence-electron chi connectivity index (χ1n) is 6.36. The molecule has 2 N–H and O–H groups in total. The smallest absolute Gasteiger partial charge is 0.127 e. The molecule has 4 heteroatoms. The van der Waals surface area contributed by atoms with Crippen molar-refractivity contribution in [2.24, 2.45) is 5.73 Å². The van der Waals surface area contributed by atoms with Gasteiger partial charge in [-0.3, -0.25) is 4.98 Å². The fraction of sp³-hybridized carbons (Fsp3) is 0.267. The molecule has 19 heavy (non-hydrogen) atoms. The van der Waals surface area contributed by atoms with Crippen molar-refractivity contribution in [2.45, 2.75) is 18.9 Å². The summed E-state index contributed by atoms with van der Waals surface area (Å²) in [5.74, 6) is 0.959. The zero-order valence-corrected chi connectivity index (χ0v) is 12.1. The summed E-state index contributed by atoms with van der Waals surface area (Å²) >= 11 is 3.43. The molecule has 2 aromatic rings. The Balaban J connectivity index is 2.02. The topological polar surface area (TPSA) is 48.1 Å². The highest BCUT2D eigenvalue weighted by Gasteiger charge is 2.19. The summed E-state index contributed by atoms with van der Waals surface area (Å²) in [6.45, 7) is 0.771. The van der Waals surface area contributed by atoms with Gasteiger partial charge in [0.15, 0.2) is 0 Å². The van der Waals surface area contributed by atoms with Crippen LogP contribution in [-0.2, 0) is 6.42 Å². The van der Waals surface area contributed by atoms with Crippen molar-refractivity contribution in [2.75, 3.05) is 6.61 Å². The molecule has 0 saturated carbocycles. The molecule has 0 saturated heterocycles. The van der Waals surface area contributed by atoms with Crippen molar-refractivity contribution >= 4 is 15.9 Å². The highest BCUT2D eigenvalue weighted by molar-refractivity contribution is 9.10. The first-order valence-corrected chi connectivity index (χ1v) is 7.15. The van der Waals surface area contributed by atoms with E-state index in [2.05, 4.69) is 27.0 Å². The zero-order valence-electron chi connectivity index (χ0n) is 10.5. The third kappa shape index (κ3) is 2.51. The lowest BCUT2D eigenvalue weighted by Gasteiger charge is -2.23. The molecule has 1 aliphatic rings. The molecule has 1 unspecified atom stereocenters. The maximum Gasteiger partial charge on any atom is 0.127 e. The lowest BCUT2D eigenvalue weighted by Crippen LogP contribution is -2.17. The molecule has 0 fully saturated rings. The van der Waals surface area contributed by atoms with E-state index in [9.17, 15) is 0 Å². The predicted octanol–water partition coefficient (Wildman–Crippen LogP) is 3.22. The maximum atomic E-state index is 6.37. The number of nitrogens with zero attached hydrogens (tertiary/aromatic N) is 1. The number of aromatic nitrogens is 1.